The van der Waals surface area contributed by atoms with E-state index in [-0.39, 0.29) is 12.0 Å². The molecule has 0 fully saturated rings. The van der Waals surface area contributed by atoms with E-state index >= 15 is 0 Å². The number of carbonyl (C=O) groups is 1. The zero-order valence-electron chi connectivity index (χ0n) is 18.0. The molecule has 2 aromatic carbocycles. The largest absolute Gasteiger partial charge is 0.490 e. The molecule has 6 nitrogen and oxygen atoms in total. The molecule has 160 valence electrons. The fraction of sp³-hybridized carbons (Fsp3) is 0.333. The van der Waals surface area contributed by atoms with Gasteiger partial charge in [-0.05, 0) is 68.9 Å². The van der Waals surface area contributed by atoms with Crippen LogP contribution in [0.1, 0.15) is 50.3 Å². The smallest absolute Gasteiger partial charge is 0.214 e. The van der Waals surface area contributed by atoms with Gasteiger partial charge in [0.1, 0.15) is 21.8 Å². The van der Waals surface area contributed by atoms with Crippen LogP contribution >= 0.6 is 11.3 Å². The molecule has 3 aromatic rings. The molecule has 31 heavy (non-hydrogen) atoms. The maximum absolute atomic E-state index is 9.46. The van der Waals surface area contributed by atoms with E-state index in [0.29, 0.717) is 11.3 Å². The average molecular weight is 435 g/mol. The van der Waals surface area contributed by atoms with E-state index in [1.807, 2.05) is 32.0 Å². The molecular weight excluding hydrogens is 408 g/mol. The summed E-state index contributed by atoms with van der Waals surface area (Å²) in [6.07, 6.45) is 4.79. The zero-order chi connectivity index (χ0) is 22.4. The molecule has 4 rings (SSSR count). The lowest BCUT2D eigenvalue weighted by Gasteiger charge is -2.17. The number of primary amides is 1. The first-order chi connectivity index (χ1) is 14.9. The standard InChI is InChI=1S/C22H21N3OS.C2H5NO/c1-14(2)26-20-11-10-16(12-17(20)13-23)21-24-25-22(27-21)19-9-5-7-15-6-3-4-8-18(15)19;1-2(3)4/h5,7,9-12,14H,3-4,6,8H2,1-2H3;1H3,(H2,3,4). The Kier molecular flexibility index (Phi) is 7.37. The molecule has 0 saturated heterocycles. The Morgan fingerprint density at radius 2 is 1.87 bits per heavy atom. The van der Waals surface area contributed by atoms with Crippen LogP contribution in [0.3, 0.4) is 0 Å². The topological polar surface area (TPSA) is 102 Å². The second-order valence-corrected chi connectivity index (χ2v) is 8.64. The number of nitrogens with zero attached hydrogens (tertiary/aromatic N) is 3. The van der Waals surface area contributed by atoms with Gasteiger partial charge in [-0.3, -0.25) is 4.79 Å². The lowest BCUT2D eigenvalue weighted by atomic mass is 9.88. The summed E-state index contributed by atoms with van der Waals surface area (Å²) in [6, 6.07) is 14.3. The van der Waals surface area contributed by atoms with Gasteiger partial charge in [0.2, 0.25) is 5.91 Å². The Morgan fingerprint density at radius 1 is 1.16 bits per heavy atom. The fourth-order valence-electron chi connectivity index (χ4n) is 3.54. The number of aryl methyl sites for hydroxylation is 1. The summed E-state index contributed by atoms with van der Waals surface area (Å²) >= 11 is 1.58. The van der Waals surface area contributed by atoms with Crippen LogP contribution in [0, 0.1) is 11.3 Å². The minimum Gasteiger partial charge on any atom is -0.490 e. The van der Waals surface area contributed by atoms with Crippen LogP contribution in [-0.4, -0.2) is 22.2 Å². The minimum atomic E-state index is -0.333. The maximum atomic E-state index is 9.46. The predicted molar refractivity (Wildman–Crippen MR) is 123 cm³/mol. The molecule has 0 atom stereocenters. The number of ether oxygens (including phenoxy) is 1. The van der Waals surface area contributed by atoms with E-state index in [0.717, 1.165) is 28.4 Å². The van der Waals surface area contributed by atoms with Gasteiger partial charge < -0.3 is 10.5 Å². The van der Waals surface area contributed by atoms with E-state index in [9.17, 15) is 10.1 Å². The van der Waals surface area contributed by atoms with Crippen molar-refractivity contribution in [2.45, 2.75) is 52.6 Å². The summed E-state index contributed by atoms with van der Waals surface area (Å²) < 4.78 is 5.71. The lowest BCUT2D eigenvalue weighted by molar-refractivity contribution is -0.115. The molecule has 0 bridgehead atoms. The van der Waals surface area contributed by atoms with Crippen molar-refractivity contribution in [3.05, 3.63) is 53.1 Å². The number of nitrogens with two attached hydrogens (primary N) is 1. The monoisotopic (exact) mass is 434 g/mol. The highest BCUT2D eigenvalue weighted by atomic mass is 32.1. The van der Waals surface area contributed by atoms with Gasteiger partial charge >= 0.3 is 0 Å². The predicted octanol–water partition coefficient (Wildman–Crippen LogP) is 4.90. The molecule has 0 radical (unpaired) electrons. The third-order valence-corrected chi connectivity index (χ3v) is 5.77. The first-order valence-electron chi connectivity index (χ1n) is 10.3. The van der Waals surface area contributed by atoms with E-state index in [2.05, 4.69) is 40.2 Å². The number of hydrogen-bond donors (Lipinski definition) is 1. The first kappa shape index (κ1) is 22.4. The zero-order valence-corrected chi connectivity index (χ0v) is 18.8. The van der Waals surface area contributed by atoms with Crippen molar-refractivity contribution in [3.8, 4) is 33.0 Å². The molecule has 1 aliphatic carbocycles. The second kappa shape index (κ2) is 10.2. The van der Waals surface area contributed by atoms with Crippen LogP contribution in [0.4, 0.5) is 0 Å². The molecule has 1 amide bonds. The van der Waals surface area contributed by atoms with Crippen molar-refractivity contribution in [1.29, 1.82) is 5.26 Å². The van der Waals surface area contributed by atoms with Crippen LogP contribution in [0.25, 0.3) is 21.1 Å². The number of hydrogen-bond acceptors (Lipinski definition) is 6. The Hall–Kier alpha value is -3.24. The molecule has 0 saturated carbocycles. The number of carbonyl (C=O) groups excluding carboxylic acids is 1. The van der Waals surface area contributed by atoms with Gasteiger partial charge in [-0.2, -0.15) is 5.26 Å². The summed E-state index contributed by atoms with van der Waals surface area (Å²) in [5.74, 6) is 0.276. The highest BCUT2D eigenvalue weighted by molar-refractivity contribution is 7.17. The van der Waals surface area contributed by atoms with Gasteiger partial charge in [-0.25, -0.2) is 0 Å². The van der Waals surface area contributed by atoms with Crippen molar-refractivity contribution in [2.75, 3.05) is 0 Å². The fourth-order valence-corrected chi connectivity index (χ4v) is 4.43. The third-order valence-electron chi connectivity index (χ3n) is 4.76. The molecule has 2 N–H and O–H groups in total. The van der Waals surface area contributed by atoms with E-state index in [1.54, 1.807) is 11.3 Å². The van der Waals surface area contributed by atoms with Crippen molar-refractivity contribution in [2.24, 2.45) is 5.73 Å². The van der Waals surface area contributed by atoms with Gasteiger partial charge in [0.25, 0.3) is 0 Å². The Morgan fingerprint density at radius 3 is 2.58 bits per heavy atom. The van der Waals surface area contributed by atoms with Crippen LogP contribution < -0.4 is 10.5 Å². The van der Waals surface area contributed by atoms with Crippen molar-refractivity contribution in [3.63, 3.8) is 0 Å². The van der Waals surface area contributed by atoms with Crippen LogP contribution in [-0.2, 0) is 17.6 Å². The maximum Gasteiger partial charge on any atom is 0.214 e. The summed E-state index contributed by atoms with van der Waals surface area (Å²) in [4.78, 5) is 9.22. The number of benzene rings is 2. The molecule has 0 aliphatic heterocycles. The van der Waals surface area contributed by atoms with Crippen LogP contribution in [0.15, 0.2) is 36.4 Å². The Balaban J connectivity index is 0.000000628. The molecule has 1 aliphatic rings. The summed E-state index contributed by atoms with van der Waals surface area (Å²) in [7, 11) is 0. The first-order valence-corrected chi connectivity index (χ1v) is 11.1. The summed E-state index contributed by atoms with van der Waals surface area (Å²) in [5, 5.41) is 20.1. The van der Waals surface area contributed by atoms with Crippen LogP contribution in [0.2, 0.25) is 0 Å². The second-order valence-electron chi connectivity index (χ2n) is 7.66. The highest BCUT2D eigenvalue weighted by Crippen LogP contribution is 2.36. The SMILES string of the molecule is CC(C)Oc1ccc(-c2nnc(-c3cccc4c3CCCC4)s2)cc1C#N.CC(N)=O. The van der Waals surface area contributed by atoms with Crippen LogP contribution in [0.5, 0.6) is 5.75 Å². The lowest BCUT2D eigenvalue weighted by Crippen LogP contribution is -2.06. The van der Waals surface area contributed by atoms with Crippen molar-refractivity contribution >= 4 is 17.2 Å². The van der Waals surface area contributed by atoms with Crippen molar-refractivity contribution < 1.29 is 9.53 Å². The van der Waals surface area contributed by atoms with Gasteiger partial charge in [0.15, 0.2) is 0 Å². The highest BCUT2D eigenvalue weighted by Gasteiger charge is 2.18. The van der Waals surface area contributed by atoms with E-state index < -0.39 is 0 Å². The number of aromatic nitrogens is 2. The minimum absolute atomic E-state index is 0.0281. The molecule has 0 spiro atoms. The normalized spacial score (nSPS) is 12.4. The number of amides is 1. The van der Waals surface area contributed by atoms with Gasteiger partial charge in [0.05, 0.1) is 11.7 Å². The number of fused-ring (bicyclic) bond motifs is 1. The molecular formula is C24H26N4O2S. The summed E-state index contributed by atoms with van der Waals surface area (Å²) in [6.45, 7) is 5.21. The summed E-state index contributed by atoms with van der Waals surface area (Å²) in [5.41, 5.74) is 9.96. The molecule has 7 heteroatoms. The number of nitriles is 1. The average Bonchev–Trinajstić information content (AvgIpc) is 3.23. The van der Waals surface area contributed by atoms with Gasteiger partial charge in [-0.1, -0.05) is 29.5 Å². The quantitative estimate of drug-likeness (QED) is 0.629. The molecule has 0 unspecified atom stereocenters. The Labute approximate surface area is 186 Å². The van der Waals surface area contributed by atoms with Gasteiger partial charge in [-0.15, -0.1) is 10.2 Å². The molecule has 1 heterocycles. The Bertz CT molecular complexity index is 1110. The third kappa shape index (κ3) is 5.68. The van der Waals surface area contributed by atoms with Gasteiger partial charge in [0, 0.05) is 18.1 Å². The molecule has 1 aromatic heterocycles. The van der Waals surface area contributed by atoms with E-state index in [1.165, 1.54) is 36.5 Å². The number of rotatable bonds is 4. The van der Waals surface area contributed by atoms with Crippen molar-refractivity contribution in [1.82, 2.24) is 10.2 Å². The van der Waals surface area contributed by atoms with E-state index in [4.69, 9.17) is 4.74 Å².